The molecule has 0 bridgehead atoms. The van der Waals surface area contributed by atoms with Crippen molar-refractivity contribution >= 4 is 0 Å². The Kier molecular flexibility index (Phi) is 1.58. The van der Waals surface area contributed by atoms with Crippen molar-refractivity contribution in [3.8, 4) is 17.3 Å². The number of hydrogen-bond acceptors (Lipinski definition) is 5. The summed E-state index contributed by atoms with van der Waals surface area (Å²) < 4.78 is 1.55. The van der Waals surface area contributed by atoms with Crippen molar-refractivity contribution < 1.29 is 0 Å². The van der Waals surface area contributed by atoms with Gasteiger partial charge in [0, 0.05) is 6.20 Å². The van der Waals surface area contributed by atoms with Gasteiger partial charge in [-0.25, -0.2) is 0 Å². The maximum absolute atomic E-state index is 3.92. The topological polar surface area (TPSA) is 101 Å². The zero-order chi connectivity index (χ0) is 10.1. The highest BCUT2D eigenvalue weighted by atomic mass is 15.6. The van der Waals surface area contributed by atoms with Crippen LogP contribution in [-0.4, -0.2) is 40.6 Å². The van der Waals surface area contributed by atoms with Crippen LogP contribution in [0.5, 0.6) is 0 Å². The zero-order valence-electron chi connectivity index (χ0n) is 7.49. The second kappa shape index (κ2) is 3.01. The maximum Gasteiger partial charge on any atom is 0.210 e. The van der Waals surface area contributed by atoms with Crippen molar-refractivity contribution in [2.75, 3.05) is 0 Å². The Morgan fingerprint density at radius 3 is 3.07 bits per heavy atom. The molecule has 0 spiro atoms. The standard InChI is InChI=1S/C7H6N8/c1-2-6(8-3-1)15-7(11-13-14-15)5-4-9-12-10-5/h1-4,8H,(H,9,10,12). The number of nitrogens with one attached hydrogen (secondary N) is 2. The van der Waals surface area contributed by atoms with Gasteiger partial charge in [0.25, 0.3) is 0 Å². The SMILES string of the molecule is c1c[nH]c(-n2nnnc2-c2cn[nH]n2)c1. The van der Waals surface area contributed by atoms with Gasteiger partial charge in [-0.3, -0.25) is 0 Å². The molecule has 0 unspecified atom stereocenters. The largest absolute Gasteiger partial charge is 0.347 e. The van der Waals surface area contributed by atoms with E-state index in [2.05, 4.69) is 35.9 Å². The van der Waals surface area contributed by atoms with Crippen molar-refractivity contribution in [2.24, 2.45) is 0 Å². The van der Waals surface area contributed by atoms with Crippen molar-refractivity contribution in [3.63, 3.8) is 0 Å². The first-order valence-electron chi connectivity index (χ1n) is 4.23. The van der Waals surface area contributed by atoms with Gasteiger partial charge >= 0.3 is 0 Å². The van der Waals surface area contributed by atoms with E-state index < -0.39 is 0 Å². The third kappa shape index (κ3) is 1.19. The van der Waals surface area contributed by atoms with Gasteiger partial charge in [-0.05, 0) is 22.6 Å². The Morgan fingerprint density at radius 1 is 1.33 bits per heavy atom. The minimum Gasteiger partial charge on any atom is -0.347 e. The molecule has 0 aliphatic rings. The number of nitrogens with zero attached hydrogens (tertiary/aromatic N) is 6. The van der Waals surface area contributed by atoms with Gasteiger partial charge < -0.3 is 4.98 Å². The van der Waals surface area contributed by atoms with E-state index in [0.29, 0.717) is 11.5 Å². The Hall–Kier alpha value is -2.51. The maximum atomic E-state index is 3.92. The van der Waals surface area contributed by atoms with Gasteiger partial charge in [-0.1, -0.05) is 0 Å². The molecule has 0 fully saturated rings. The summed E-state index contributed by atoms with van der Waals surface area (Å²) in [6.07, 6.45) is 3.36. The minimum atomic E-state index is 0.534. The lowest BCUT2D eigenvalue weighted by atomic mass is 10.4. The second-order valence-corrected chi connectivity index (χ2v) is 2.82. The van der Waals surface area contributed by atoms with E-state index in [0.717, 1.165) is 5.82 Å². The molecule has 3 aromatic rings. The van der Waals surface area contributed by atoms with Crippen LogP contribution in [0.15, 0.2) is 24.5 Å². The quantitative estimate of drug-likeness (QED) is 0.598. The van der Waals surface area contributed by atoms with Crippen molar-refractivity contribution in [1.82, 2.24) is 40.6 Å². The number of H-pyrrole nitrogens is 2. The Bertz CT molecular complexity index is 485. The highest BCUT2D eigenvalue weighted by molar-refractivity contribution is 5.48. The van der Waals surface area contributed by atoms with Crippen LogP contribution in [0.2, 0.25) is 0 Å². The van der Waals surface area contributed by atoms with E-state index in [1.165, 1.54) is 0 Å². The fourth-order valence-corrected chi connectivity index (χ4v) is 1.27. The van der Waals surface area contributed by atoms with Crippen molar-refractivity contribution in [1.29, 1.82) is 0 Å². The third-order valence-corrected chi connectivity index (χ3v) is 1.92. The summed E-state index contributed by atoms with van der Waals surface area (Å²) in [6, 6.07) is 3.73. The molecule has 8 heteroatoms. The summed E-state index contributed by atoms with van der Waals surface area (Å²) in [5.41, 5.74) is 0.592. The van der Waals surface area contributed by atoms with Crippen LogP contribution in [0.1, 0.15) is 0 Å². The highest BCUT2D eigenvalue weighted by Crippen LogP contribution is 2.13. The minimum absolute atomic E-state index is 0.534. The third-order valence-electron chi connectivity index (χ3n) is 1.92. The summed E-state index contributed by atoms with van der Waals surface area (Å²) in [5.74, 6) is 1.31. The van der Waals surface area contributed by atoms with Gasteiger partial charge in [0.15, 0.2) is 5.69 Å². The van der Waals surface area contributed by atoms with Gasteiger partial charge in [0.2, 0.25) is 5.82 Å². The number of tetrazole rings is 1. The molecule has 0 aliphatic carbocycles. The van der Waals surface area contributed by atoms with Crippen molar-refractivity contribution in [3.05, 3.63) is 24.5 Å². The van der Waals surface area contributed by atoms with E-state index in [1.54, 1.807) is 17.1 Å². The summed E-state index contributed by atoms with van der Waals surface area (Å²) >= 11 is 0. The first-order valence-corrected chi connectivity index (χ1v) is 4.23. The highest BCUT2D eigenvalue weighted by Gasteiger charge is 2.12. The lowest BCUT2D eigenvalue weighted by Crippen LogP contribution is -2.00. The summed E-state index contributed by atoms with van der Waals surface area (Å²) in [7, 11) is 0. The predicted molar refractivity (Wildman–Crippen MR) is 48.9 cm³/mol. The van der Waals surface area contributed by atoms with E-state index in [4.69, 9.17) is 0 Å². The van der Waals surface area contributed by atoms with Crippen LogP contribution in [0, 0.1) is 0 Å². The summed E-state index contributed by atoms with van der Waals surface area (Å²) in [5, 5.41) is 21.5. The van der Waals surface area contributed by atoms with E-state index in [9.17, 15) is 0 Å². The van der Waals surface area contributed by atoms with Gasteiger partial charge in [0.05, 0.1) is 6.20 Å². The van der Waals surface area contributed by atoms with Gasteiger partial charge in [0.1, 0.15) is 5.82 Å². The van der Waals surface area contributed by atoms with Crippen LogP contribution in [0.3, 0.4) is 0 Å². The van der Waals surface area contributed by atoms with Gasteiger partial charge in [-0.15, -0.1) is 5.10 Å². The molecule has 3 aromatic heterocycles. The van der Waals surface area contributed by atoms with Crippen molar-refractivity contribution in [2.45, 2.75) is 0 Å². The molecule has 3 heterocycles. The molecule has 0 amide bonds. The molecule has 0 aliphatic heterocycles. The normalized spacial score (nSPS) is 10.7. The molecule has 0 saturated carbocycles. The molecule has 15 heavy (non-hydrogen) atoms. The van der Waals surface area contributed by atoms with E-state index in [1.807, 2.05) is 12.1 Å². The molecule has 0 saturated heterocycles. The van der Waals surface area contributed by atoms with Gasteiger partial charge in [-0.2, -0.15) is 20.1 Å². The average molecular weight is 202 g/mol. The molecule has 0 aromatic carbocycles. The molecule has 0 atom stereocenters. The average Bonchev–Trinajstić information content (AvgIpc) is 3.01. The number of hydrogen-bond donors (Lipinski definition) is 2. The number of rotatable bonds is 2. The van der Waals surface area contributed by atoms with Crippen LogP contribution < -0.4 is 0 Å². The fraction of sp³-hybridized carbons (Fsp3) is 0. The van der Waals surface area contributed by atoms with Crippen LogP contribution in [0.25, 0.3) is 17.3 Å². The van der Waals surface area contributed by atoms with E-state index in [-0.39, 0.29) is 0 Å². The monoisotopic (exact) mass is 202 g/mol. The smallest absolute Gasteiger partial charge is 0.210 e. The Balaban J connectivity index is 2.15. The number of aromatic nitrogens is 8. The molecule has 3 rings (SSSR count). The van der Waals surface area contributed by atoms with Crippen LogP contribution in [0.4, 0.5) is 0 Å². The lowest BCUT2D eigenvalue weighted by Gasteiger charge is -1.97. The molecule has 0 radical (unpaired) electrons. The first-order chi connectivity index (χ1) is 7.45. The van der Waals surface area contributed by atoms with E-state index >= 15 is 0 Å². The van der Waals surface area contributed by atoms with Crippen LogP contribution in [-0.2, 0) is 0 Å². The molecular formula is C7H6N8. The lowest BCUT2D eigenvalue weighted by molar-refractivity contribution is 0.776. The Morgan fingerprint density at radius 2 is 2.33 bits per heavy atom. The second-order valence-electron chi connectivity index (χ2n) is 2.82. The summed E-state index contributed by atoms with van der Waals surface area (Å²) in [6.45, 7) is 0. The first kappa shape index (κ1) is 7.85. The fourth-order valence-electron chi connectivity index (χ4n) is 1.27. The molecule has 74 valence electrons. The molecule has 8 nitrogen and oxygen atoms in total. The van der Waals surface area contributed by atoms with Crippen LogP contribution >= 0.6 is 0 Å². The molecule has 2 N–H and O–H groups in total. The molecular weight excluding hydrogens is 196 g/mol. The summed E-state index contributed by atoms with van der Waals surface area (Å²) in [4.78, 5) is 3.00. The zero-order valence-corrected chi connectivity index (χ0v) is 7.49. The Labute approximate surface area is 83.3 Å². The predicted octanol–water partition coefficient (Wildman–Crippen LogP) is -0.225. The number of aromatic amines is 2.